The van der Waals surface area contributed by atoms with E-state index in [2.05, 4.69) is 15.3 Å². The molecule has 0 saturated carbocycles. The fourth-order valence-electron chi connectivity index (χ4n) is 3.28. The molecule has 0 aliphatic heterocycles. The molecule has 0 aliphatic carbocycles. The van der Waals surface area contributed by atoms with Crippen molar-refractivity contribution in [2.24, 2.45) is 0 Å². The van der Waals surface area contributed by atoms with E-state index in [1.165, 1.54) is 0 Å². The summed E-state index contributed by atoms with van der Waals surface area (Å²) in [4.78, 5) is 21.9. The highest BCUT2D eigenvalue weighted by Crippen LogP contribution is 2.33. The predicted molar refractivity (Wildman–Crippen MR) is 125 cm³/mol. The van der Waals surface area contributed by atoms with Crippen molar-refractivity contribution in [3.8, 4) is 0 Å². The Morgan fingerprint density at radius 1 is 0.967 bits per heavy atom. The molecule has 0 radical (unpaired) electrons. The molecule has 0 aliphatic rings. The summed E-state index contributed by atoms with van der Waals surface area (Å²) in [5, 5.41) is 5.03. The zero-order chi connectivity index (χ0) is 20.3. The average molecular weight is 428 g/mol. The number of carbonyl (C=O) groups excluding carboxylic acids is 1. The van der Waals surface area contributed by atoms with E-state index in [0.717, 1.165) is 42.5 Å². The molecule has 5 aromatic rings. The van der Waals surface area contributed by atoms with Crippen molar-refractivity contribution in [3.63, 3.8) is 0 Å². The largest absolute Gasteiger partial charge is 0.322 e. The van der Waals surface area contributed by atoms with Crippen molar-refractivity contribution in [2.45, 2.75) is 10.1 Å². The van der Waals surface area contributed by atoms with Gasteiger partial charge in [-0.05, 0) is 47.2 Å². The monoisotopic (exact) mass is 427 g/mol. The van der Waals surface area contributed by atoms with Gasteiger partial charge < -0.3 is 5.32 Å². The maximum Gasteiger partial charge on any atom is 0.256 e. The smallest absolute Gasteiger partial charge is 0.256 e. The Labute approximate surface area is 182 Å². The van der Waals surface area contributed by atoms with Crippen LogP contribution in [0.1, 0.15) is 16.1 Å². The first-order valence-electron chi connectivity index (χ1n) is 9.49. The number of amides is 1. The van der Waals surface area contributed by atoms with Gasteiger partial charge in [0.2, 0.25) is 0 Å². The number of aromatic nitrogens is 2. The van der Waals surface area contributed by atoms with Gasteiger partial charge in [-0.1, -0.05) is 54.2 Å². The molecule has 1 N–H and O–H groups in total. The standard InChI is InChI=1S/C24H17N3OS2/c28-23(20-10-5-7-16-6-1-2-9-19(16)20)26-17-11-12-21-22(14-17)30-24(27-21)29-15-18-8-3-4-13-25-18/h1-14H,15H2,(H,26,28). The quantitative estimate of drug-likeness (QED) is 0.330. The summed E-state index contributed by atoms with van der Waals surface area (Å²) >= 11 is 3.30. The fourth-order valence-corrected chi connectivity index (χ4v) is 5.31. The normalized spacial score (nSPS) is 11.1. The summed E-state index contributed by atoms with van der Waals surface area (Å²) in [6.45, 7) is 0. The van der Waals surface area contributed by atoms with E-state index in [9.17, 15) is 4.79 Å². The van der Waals surface area contributed by atoms with Gasteiger partial charge in [0.05, 0.1) is 15.9 Å². The van der Waals surface area contributed by atoms with E-state index >= 15 is 0 Å². The van der Waals surface area contributed by atoms with Crippen molar-refractivity contribution < 1.29 is 4.79 Å². The van der Waals surface area contributed by atoms with Crippen LogP contribution in [0.25, 0.3) is 21.0 Å². The Hall–Kier alpha value is -3.22. The lowest BCUT2D eigenvalue weighted by Crippen LogP contribution is -2.12. The molecule has 3 aromatic carbocycles. The molecule has 0 unspecified atom stereocenters. The number of benzene rings is 3. The third kappa shape index (κ3) is 3.92. The Kier molecular flexibility index (Phi) is 5.17. The first-order valence-corrected chi connectivity index (χ1v) is 11.3. The van der Waals surface area contributed by atoms with Crippen molar-refractivity contribution in [2.75, 3.05) is 5.32 Å². The second-order valence-corrected chi connectivity index (χ2v) is 9.01. The van der Waals surface area contributed by atoms with Gasteiger partial charge in [-0.15, -0.1) is 11.3 Å². The first-order chi connectivity index (χ1) is 14.8. The van der Waals surface area contributed by atoms with Gasteiger partial charge in [-0.2, -0.15) is 0 Å². The first kappa shape index (κ1) is 18.8. The summed E-state index contributed by atoms with van der Waals surface area (Å²) in [5.41, 5.74) is 3.41. The number of carbonyl (C=O) groups is 1. The van der Waals surface area contributed by atoms with Crippen LogP contribution >= 0.6 is 23.1 Å². The number of hydrogen-bond acceptors (Lipinski definition) is 5. The third-order valence-corrected chi connectivity index (χ3v) is 6.93. The van der Waals surface area contributed by atoms with Crippen LogP contribution in [-0.4, -0.2) is 15.9 Å². The molecule has 30 heavy (non-hydrogen) atoms. The van der Waals surface area contributed by atoms with Crippen LogP contribution in [0, 0.1) is 0 Å². The SMILES string of the molecule is O=C(Nc1ccc2nc(SCc3ccccn3)sc2c1)c1cccc2ccccc12. The molecule has 5 rings (SSSR count). The second kappa shape index (κ2) is 8.26. The zero-order valence-corrected chi connectivity index (χ0v) is 17.5. The summed E-state index contributed by atoms with van der Waals surface area (Å²) in [7, 11) is 0. The number of nitrogens with one attached hydrogen (secondary N) is 1. The minimum atomic E-state index is -0.111. The van der Waals surface area contributed by atoms with Crippen molar-refractivity contribution in [1.29, 1.82) is 0 Å². The second-order valence-electron chi connectivity index (χ2n) is 6.75. The Balaban J connectivity index is 1.35. The predicted octanol–water partition coefficient (Wildman–Crippen LogP) is 6.39. The molecule has 0 spiro atoms. The van der Waals surface area contributed by atoms with Gasteiger partial charge in [-0.25, -0.2) is 4.98 Å². The van der Waals surface area contributed by atoms with Gasteiger partial charge >= 0.3 is 0 Å². The maximum absolute atomic E-state index is 12.9. The molecule has 4 nitrogen and oxygen atoms in total. The van der Waals surface area contributed by atoms with Gasteiger partial charge in [0.25, 0.3) is 5.91 Å². The number of nitrogens with zero attached hydrogens (tertiary/aromatic N) is 2. The Morgan fingerprint density at radius 3 is 2.73 bits per heavy atom. The van der Waals surface area contributed by atoms with Gasteiger partial charge in [0.1, 0.15) is 0 Å². The van der Waals surface area contributed by atoms with Crippen LogP contribution < -0.4 is 5.32 Å². The van der Waals surface area contributed by atoms with E-state index in [-0.39, 0.29) is 5.91 Å². The number of thiazole rings is 1. The number of pyridine rings is 1. The summed E-state index contributed by atoms with van der Waals surface area (Å²) < 4.78 is 2.04. The molecular formula is C24H17N3OS2. The van der Waals surface area contributed by atoms with Gasteiger partial charge in [0, 0.05) is 23.2 Å². The average Bonchev–Trinajstić information content (AvgIpc) is 3.20. The highest BCUT2D eigenvalue weighted by molar-refractivity contribution is 8.00. The minimum Gasteiger partial charge on any atom is -0.322 e. The van der Waals surface area contributed by atoms with Crippen LogP contribution in [0.2, 0.25) is 0 Å². The third-order valence-electron chi connectivity index (χ3n) is 4.73. The molecule has 0 atom stereocenters. The summed E-state index contributed by atoms with van der Waals surface area (Å²) in [6.07, 6.45) is 1.80. The Bertz CT molecular complexity index is 1340. The van der Waals surface area contributed by atoms with Gasteiger partial charge in [0.15, 0.2) is 4.34 Å². The number of fused-ring (bicyclic) bond motifs is 2. The molecule has 146 valence electrons. The van der Waals surface area contributed by atoms with Crippen molar-refractivity contribution in [1.82, 2.24) is 9.97 Å². The number of hydrogen-bond donors (Lipinski definition) is 1. The lowest BCUT2D eigenvalue weighted by molar-refractivity contribution is 0.102. The zero-order valence-electron chi connectivity index (χ0n) is 15.9. The van der Waals surface area contributed by atoms with E-state index in [1.807, 2.05) is 78.9 Å². The lowest BCUT2D eigenvalue weighted by Gasteiger charge is -2.08. The number of thioether (sulfide) groups is 1. The van der Waals surface area contributed by atoms with Crippen LogP contribution in [0.5, 0.6) is 0 Å². The van der Waals surface area contributed by atoms with Crippen LogP contribution in [0.4, 0.5) is 5.69 Å². The number of anilines is 1. The molecular weight excluding hydrogens is 410 g/mol. The van der Waals surface area contributed by atoms with Gasteiger partial charge in [-0.3, -0.25) is 9.78 Å². The van der Waals surface area contributed by atoms with E-state index < -0.39 is 0 Å². The van der Waals surface area contributed by atoms with E-state index in [1.54, 1.807) is 29.3 Å². The fraction of sp³-hybridized carbons (Fsp3) is 0.0417. The molecule has 2 aromatic heterocycles. The number of rotatable bonds is 5. The topological polar surface area (TPSA) is 54.9 Å². The van der Waals surface area contributed by atoms with E-state index in [0.29, 0.717) is 5.56 Å². The van der Waals surface area contributed by atoms with Crippen molar-refractivity contribution >= 4 is 55.7 Å². The molecule has 0 bridgehead atoms. The molecule has 0 fully saturated rings. The molecule has 6 heteroatoms. The minimum absolute atomic E-state index is 0.111. The lowest BCUT2D eigenvalue weighted by atomic mass is 10.0. The van der Waals surface area contributed by atoms with Crippen molar-refractivity contribution in [3.05, 3.63) is 96.3 Å². The summed E-state index contributed by atoms with van der Waals surface area (Å²) in [5.74, 6) is 0.672. The highest BCUT2D eigenvalue weighted by Gasteiger charge is 2.11. The molecule has 2 heterocycles. The Morgan fingerprint density at radius 2 is 1.83 bits per heavy atom. The highest BCUT2D eigenvalue weighted by atomic mass is 32.2. The van der Waals surface area contributed by atoms with Crippen LogP contribution in [-0.2, 0) is 5.75 Å². The molecule has 0 saturated heterocycles. The molecule has 1 amide bonds. The van der Waals surface area contributed by atoms with Crippen LogP contribution in [0.15, 0.2) is 89.4 Å². The van der Waals surface area contributed by atoms with Crippen LogP contribution in [0.3, 0.4) is 0 Å². The van der Waals surface area contributed by atoms with E-state index in [4.69, 9.17) is 0 Å². The summed E-state index contributed by atoms with van der Waals surface area (Å²) in [6, 6.07) is 25.5. The maximum atomic E-state index is 12.9.